The number of hydrogen-bond donors (Lipinski definition) is 2. The van der Waals surface area contributed by atoms with E-state index in [1.165, 1.54) is 18.2 Å². The van der Waals surface area contributed by atoms with Crippen LogP contribution in [0.5, 0.6) is 0 Å². The van der Waals surface area contributed by atoms with Crippen LogP contribution in [0.15, 0.2) is 66.7 Å². The monoisotopic (exact) mass is 386 g/mol. The fourth-order valence-electron chi connectivity index (χ4n) is 2.99. The van der Waals surface area contributed by atoms with E-state index in [4.69, 9.17) is 5.73 Å². The van der Waals surface area contributed by atoms with Crippen LogP contribution in [0.3, 0.4) is 0 Å². The van der Waals surface area contributed by atoms with Gasteiger partial charge in [-0.25, -0.2) is 0 Å². The molecule has 1 atom stereocenters. The van der Waals surface area contributed by atoms with Crippen molar-refractivity contribution < 1.29 is 22.8 Å². The van der Waals surface area contributed by atoms with Gasteiger partial charge in [-0.2, -0.15) is 13.2 Å². The Hall–Kier alpha value is -3.35. The molecule has 0 bridgehead atoms. The van der Waals surface area contributed by atoms with E-state index in [1.807, 2.05) is 24.3 Å². The standard InChI is InChI=1S/C21H17F3N2O2/c22-21(23,24)17-8-4-3-7-15(17)12-18(19(25)27)26-20(28)16-10-9-13-5-1-2-6-14(13)11-16/h1-11,18H,12H2,(H2,25,27)(H,26,28)/t18-/m0/s1. The Kier molecular flexibility index (Phi) is 5.35. The van der Waals surface area contributed by atoms with Crippen LogP contribution in [-0.4, -0.2) is 17.9 Å². The van der Waals surface area contributed by atoms with Crippen molar-refractivity contribution in [3.8, 4) is 0 Å². The number of alkyl halides is 3. The van der Waals surface area contributed by atoms with Crippen LogP contribution in [0.2, 0.25) is 0 Å². The summed E-state index contributed by atoms with van der Waals surface area (Å²) in [4.78, 5) is 24.3. The first-order chi connectivity index (χ1) is 13.3. The van der Waals surface area contributed by atoms with Crippen molar-refractivity contribution in [2.45, 2.75) is 18.6 Å². The largest absolute Gasteiger partial charge is 0.416 e. The second-order valence-electron chi connectivity index (χ2n) is 6.35. The molecule has 0 aliphatic heterocycles. The van der Waals surface area contributed by atoms with Crippen molar-refractivity contribution in [2.24, 2.45) is 5.73 Å². The quantitative estimate of drug-likeness (QED) is 0.702. The third-order valence-corrected chi connectivity index (χ3v) is 4.41. The van der Waals surface area contributed by atoms with Gasteiger partial charge in [-0.1, -0.05) is 48.5 Å². The van der Waals surface area contributed by atoms with Crippen molar-refractivity contribution in [3.05, 3.63) is 83.4 Å². The maximum absolute atomic E-state index is 13.2. The Labute approximate surface area is 159 Å². The van der Waals surface area contributed by atoms with Crippen molar-refractivity contribution in [1.82, 2.24) is 5.32 Å². The molecule has 0 aliphatic rings. The number of carbonyl (C=O) groups excluding carboxylic acids is 2. The minimum Gasteiger partial charge on any atom is -0.368 e. The number of nitrogens with two attached hydrogens (primary N) is 1. The van der Waals surface area contributed by atoms with Gasteiger partial charge in [0.2, 0.25) is 5.91 Å². The molecule has 144 valence electrons. The van der Waals surface area contributed by atoms with Gasteiger partial charge in [0, 0.05) is 12.0 Å². The third kappa shape index (κ3) is 4.31. The summed E-state index contributed by atoms with van der Waals surface area (Å²) in [6.45, 7) is 0. The van der Waals surface area contributed by atoms with E-state index in [2.05, 4.69) is 5.32 Å². The van der Waals surface area contributed by atoms with Crippen molar-refractivity contribution in [2.75, 3.05) is 0 Å². The molecular formula is C21H17F3N2O2. The SMILES string of the molecule is NC(=O)[C@H](Cc1ccccc1C(F)(F)F)NC(=O)c1ccc2ccccc2c1. The van der Waals surface area contributed by atoms with Crippen LogP contribution in [0.25, 0.3) is 10.8 Å². The molecule has 0 heterocycles. The highest BCUT2D eigenvalue weighted by Gasteiger charge is 2.34. The summed E-state index contributed by atoms with van der Waals surface area (Å²) in [6, 6.07) is 16.0. The highest BCUT2D eigenvalue weighted by Crippen LogP contribution is 2.32. The van der Waals surface area contributed by atoms with Crippen LogP contribution in [-0.2, 0) is 17.4 Å². The molecule has 0 radical (unpaired) electrons. The predicted octanol–water partition coefficient (Wildman–Crippen LogP) is 3.69. The summed E-state index contributed by atoms with van der Waals surface area (Å²) in [7, 11) is 0. The van der Waals surface area contributed by atoms with Gasteiger partial charge in [0.25, 0.3) is 5.91 Å². The summed E-state index contributed by atoms with van der Waals surface area (Å²) >= 11 is 0. The summed E-state index contributed by atoms with van der Waals surface area (Å²) in [5.41, 5.74) is 4.64. The second-order valence-corrected chi connectivity index (χ2v) is 6.35. The summed E-state index contributed by atoms with van der Waals surface area (Å²) in [6.07, 6.45) is -4.93. The van der Waals surface area contributed by atoms with Gasteiger partial charge >= 0.3 is 6.18 Å². The van der Waals surface area contributed by atoms with E-state index in [1.54, 1.807) is 18.2 Å². The molecule has 7 heteroatoms. The highest BCUT2D eigenvalue weighted by molar-refractivity contribution is 6.00. The van der Waals surface area contributed by atoms with E-state index in [0.29, 0.717) is 0 Å². The van der Waals surface area contributed by atoms with Gasteiger partial charge in [-0.15, -0.1) is 0 Å². The number of fused-ring (bicyclic) bond motifs is 1. The molecule has 3 N–H and O–H groups in total. The van der Waals surface area contributed by atoms with Gasteiger partial charge in [0.15, 0.2) is 0 Å². The van der Waals surface area contributed by atoms with Gasteiger partial charge in [-0.05, 0) is 34.5 Å². The molecule has 4 nitrogen and oxygen atoms in total. The number of carbonyl (C=O) groups is 2. The van der Waals surface area contributed by atoms with Crippen molar-refractivity contribution in [1.29, 1.82) is 0 Å². The molecule has 0 fully saturated rings. The topological polar surface area (TPSA) is 72.2 Å². The lowest BCUT2D eigenvalue weighted by Gasteiger charge is -2.19. The number of rotatable bonds is 5. The Morgan fingerprint density at radius 3 is 2.25 bits per heavy atom. The smallest absolute Gasteiger partial charge is 0.368 e. The fourth-order valence-corrected chi connectivity index (χ4v) is 2.99. The van der Waals surface area contributed by atoms with Crippen LogP contribution in [0, 0.1) is 0 Å². The molecule has 0 spiro atoms. The summed E-state index contributed by atoms with van der Waals surface area (Å²) < 4.78 is 39.5. The number of halogens is 3. The Balaban J connectivity index is 1.83. The third-order valence-electron chi connectivity index (χ3n) is 4.41. The fraction of sp³-hybridized carbons (Fsp3) is 0.143. The summed E-state index contributed by atoms with van der Waals surface area (Å²) in [5.74, 6) is -1.50. The van der Waals surface area contributed by atoms with E-state index in [0.717, 1.165) is 16.8 Å². The Bertz CT molecular complexity index is 1030. The van der Waals surface area contributed by atoms with Crippen molar-refractivity contribution >= 4 is 22.6 Å². The highest BCUT2D eigenvalue weighted by atomic mass is 19.4. The van der Waals surface area contributed by atoms with Crippen molar-refractivity contribution in [3.63, 3.8) is 0 Å². The molecule has 3 rings (SSSR count). The molecule has 0 saturated heterocycles. The number of amides is 2. The first-order valence-electron chi connectivity index (χ1n) is 8.50. The maximum Gasteiger partial charge on any atom is 0.416 e. The van der Waals surface area contributed by atoms with Gasteiger partial charge in [0.05, 0.1) is 5.56 Å². The minimum atomic E-state index is -4.57. The van der Waals surface area contributed by atoms with Crippen LogP contribution in [0.1, 0.15) is 21.5 Å². The zero-order valence-corrected chi connectivity index (χ0v) is 14.7. The van der Waals surface area contributed by atoms with E-state index >= 15 is 0 Å². The molecule has 0 aromatic heterocycles. The molecule has 2 amide bonds. The Morgan fingerprint density at radius 1 is 0.929 bits per heavy atom. The molecule has 3 aromatic rings. The normalized spacial score (nSPS) is 12.5. The predicted molar refractivity (Wildman–Crippen MR) is 99.5 cm³/mol. The molecule has 28 heavy (non-hydrogen) atoms. The first-order valence-corrected chi connectivity index (χ1v) is 8.50. The molecular weight excluding hydrogens is 369 g/mol. The van der Waals surface area contributed by atoms with E-state index < -0.39 is 29.6 Å². The summed E-state index contributed by atoms with van der Waals surface area (Å²) in [5, 5.41) is 4.21. The zero-order chi connectivity index (χ0) is 20.3. The lowest BCUT2D eigenvalue weighted by atomic mass is 9.99. The van der Waals surface area contributed by atoms with Crippen LogP contribution >= 0.6 is 0 Å². The Morgan fingerprint density at radius 2 is 1.57 bits per heavy atom. The molecule has 0 unspecified atom stereocenters. The zero-order valence-electron chi connectivity index (χ0n) is 14.7. The second kappa shape index (κ2) is 7.72. The maximum atomic E-state index is 13.2. The lowest BCUT2D eigenvalue weighted by Crippen LogP contribution is -2.46. The number of benzene rings is 3. The lowest BCUT2D eigenvalue weighted by molar-refractivity contribution is -0.138. The molecule has 0 aliphatic carbocycles. The number of hydrogen-bond acceptors (Lipinski definition) is 2. The number of primary amides is 1. The van der Waals surface area contributed by atoms with E-state index in [-0.39, 0.29) is 17.5 Å². The molecule has 3 aromatic carbocycles. The van der Waals surface area contributed by atoms with Gasteiger partial charge in [0.1, 0.15) is 6.04 Å². The average Bonchev–Trinajstić information content (AvgIpc) is 2.66. The average molecular weight is 386 g/mol. The minimum absolute atomic E-state index is 0.113. The first kappa shape index (κ1) is 19.4. The number of nitrogens with one attached hydrogen (secondary N) is 1. The molecule has 0 saturated carbocycles. The van der Waals surface area contributed by atoms with E-state index in [9.17, 15) is 22.8 Å². The van der Waals surface area contributed by atoms with Gasteiger partial charge in [-0.3, -0.25) is 9.59 Å². The van der Waals surface area contributed by atoms with Crippen LogP contribution in [0.4, 0.5) is 13.2 Å². The van der Waals surface area contributed by atoms with Crippen LogP contribution < -0.4 is 11.1 Å². The van der Waals surface area contributed by atoms with Gasteiger partial charge < -0.3 is 11.1 Å².